The van der Waals surface area contributed by atoms with Crippen molar-refractivity contribution >= 4 is 21.9 Å². The molecule has 4 nitrogen and oxygen atoms in total. The first-order valence-electron chi connectivity index (χ1n) is 7.21. The zero-order valence-corrected chi connectivity index (χ0v) is 13.6. The highest BCUT2D eigenvalue weighted by Gasteiger charge is 2.22. The minimum Gasteiger partial charge on any atom is -0.370 e. The fourth-order valence-electron chi connectivity index (χ4n) is 2.59. The molecular formula is C15H23BrN4. The second-order valence-corrected chi connectivity index (χ2v) is 6.05. The molecule has 0 saturated carbocycles. The Kier molecular flexibility index (Phi) is 5.86. The molecule has 5 heteroatoms. The molecule has 1 heterocycles. The number of benzene rings is 1. The van der Waals surface area contributed by atoms with Gasteiger partial charge in [-0.05, 0) is 43.6 Å². The summed E-state index contributed by atoms with van der Waals surface area (Å²) in [6.07, 6.45) is 2.54. The quantitative estimate of drug-likeness (QED) is 0.640. The van der Waals surface area contributed by atoms with Gasteiger partial charge in [-0.2, -0.15) is 0 Å². The Morgan fingerprint density at radius 1 is 1.45 bits per heavy atom. The Morgan fingerprint density at radius 3 is 2.90 bits per heavy atom. The molecular weight excluding hydrogens is 316 g/mol. The van der Waals surface area contributed by atoms with Crippen molar-refractivity contribution in [3.05, 3.63) is 34.3 Å². The lowest BCUT2D eigenvalue weighted by molar-refractivity contribution is 0.267. The minimum atomic E-state index is 0.538. The number of likely N-dealkylation sites (tertiary alicyclic amines) is 1. The topological polar surface area (TPSA) is 53.6 Å². The van der Waals surface area contributed by atoms with Crippen LogP contribution < -0.4 is 11.1 Å². The number of nitrogens with two attached hydrogens (primary N) is 1. The molecule has 3 N–H and O–H groups in total. The van der Waals surface area contributed by atoms with Gasteiger partial charge in [-0.1, -0.05) is 35.0 Å². The molecule has 1 atom stereocenters. The van der Waals surface area contributed by atoms with E-state index < -0.39 is 0 Å². The van der Waals surface area contributed by atoms with Crippen molar-refractivity contribution in [1.82, 2.24) is 10.2 Å². The van der Waals surface area contributed by atoms with Gasteiger partial charge < -0.3 is 11.1 Å². The molecule has 20 heavy (non-hydrogen) atoms. The number of nitrogens with zero attached hydrogens (tertiary/aromatic N) is 2. The summed E-state index contributed by atoms with van der Waals surface area (Å²) in [4.78, 5) is 6.88. The van der Waals surface area contributed by atoms with E-state index >= 15 is 0 Å². The van der Waals surface area contributed by atoms with Crippen LogP contribution in [0.3, 0.4) is 0 Å². The first kappa shape index (κ1) is 15.3. The van der Waals surface area contributed by atoms with E-state index in [0.717, 1.165) is 23.1 Å². The van der Waals surface area contributed by atoms with Crippen LogP contribution in [-0.4, -0.2) is 36.5 Å². The Morgan fingerprint density at radius 2 is 2.20 bits per heavy atom. The molecule has 1 fully saturated rings. The Bertz CT molecular complexity index is 444. The number of halogens is 1. The van der Waals surface area contributed by atoms with Gasteiger partial charge in [-0.15, -0.1) is 0 Å². The predicted octanol–water partition coefficient (Wildman–Crippen LogP) is 2.34. The standard InChI is InChI=1S/C15H23BrN4/c1-2-20-9-3-4-14(20)11-19-15(17)18-10-12-5-7-13(16)8-6-12/h5-8,14H,2-4,9-11H2,1H3,(H3,17,18,19). The number of hydrogen-bond acceptors (Lipinski definition) is 2. The largest absolute Gasteiger partial charge is 0.370 e. The molecule has 0 radical (unpaired) electrons. The molecule has 110 valence electrons. The number of guanidine groups is 1. The molecule has 1 aliphatic rings. The van der Waals surface area contributed by atoms with Crippen LogP contribution in [-0.2, 0) is 6.54 Å². The molecule has 0 bridgehead atoms. The van der Waals surface area contributed by atoms with Crippen molar-refractivity contribution in [2.75, 3.05) is 19.6 Å². The van der Waals surface area contributed by atoms with E-state index in [1.165, 1.54) is 19.4 Å². The third-order valence-corrected chi connectivity index (χ3v) is 4.30. The summed E-state index contributed by atoms with van der Waals surface area (Å²) in [5, 5.41) is 3.25. The molecule has 2 rings (SSSR count). The van der Waals surface area contributed by atoms with Crippen LogP contribution in [0.2, 0.25) is 0 Å². The minimum absolute atomic E-state index is 0.538. The van der Waals surface area contributed by atoms with Crippen molar-refractivity contribution < 1.29 is 0 Å². The summed E-state index contributed by atoms with van der Waals surface area (Å²) in [6.45, 7) is 6.04. The fraction of sp³-hybridized carbons (Fsp3) is 0.533. The van der Waals surface area contributed by atoms with E-state index in [1.54, 1.807) is 0 Å². The van der Waals surface area contributed by atoms with Crippen molar-refractivity contribution in [3.63, 3.8) is 0 Å². The highest BCUT2D eigenvalue weighted by atomic mass is 79.9. The summed E-state index contributed by atoms with van der Waals surface area (Å²) < 4.78 is 1.08. The zero-order valence-electron chi connectivity index (χ0n) is 12.0. The van der Waals surface area contributed by atoms with Crippen LogP contribution in [0, 0.1) is 0 Å². The van der Waals surface area contributed by atoms with Gasteiger partial charge in [0.1, 0.15) is 0 Å². The lowest BCUT2D eigenvalue weighted by Gasteiger charge is -2.23. The number of hydrogen-bond donors (Lipinski definition) is 2. The molecule has 0 spiro atoms. The van der Waals surface area contributed by atoms with Crippen molar-refractivity contribution in [1.29, 1.82) is 0 Å². The van der Waals surface area contributed by atoms with Gasteiger partial charge in [0.25, 0.3) is 0 Å². The first-order chi connectivity index (χ1) is 9.69. The number of aliphatic imine (C=N–C) groups is 1. The molecule has 0 amide bonds. The Balaban J connectivity index is 1.77. The molecule has 1 aliphatic heterocycles. The van der Waals surface area contributed by atoms with Gasteiger partial charge in [0.05, 0.1) is 6.54 Å². The maximum Gasteiger partial charge on any atom is 0.188 e. The summed E-state index contributed by atoms with van der Waals surface area (Å²) in [5.74, 6) is 0.538. The maximum atomic E-state index is 5.93. The molecule has 0 aromatic heterocycles. The highest BCUT2D eigenvalue weighted by molar-refractivity contribution is 9.10. The molecule has 1 aromatic carbocycles. The summed E-state index contributed by atoms with van der Waals surface area (Å²) in [5.41, 5.74) is 7.09. The van der Waals surface area contributed by atoms with Gasteiger partial charge in [0.15, 0.2) is 5.96 Å². The van der Waals surface area contributed by atoms with E-state index in [2.05, 4.69) is 50.2 Å². The van der Waals surface area contributed by atoms with Gasteiger partial charge in [-0.25, -0.2) is 4.99 Å². The molecule has 0 aliphatic carbocycles. The summed E-state index contributed by atoms with van der Waals surface area (Å²) in [7, 11) is 0. The van der Waals surface area contributed by atoms with Gasteiger partial charge in [-0.3, -0.25) is 4.90 Å². The van der Waals surface area contributed by atoms with Crippen LogP contribution >= 0.6 is 15.9 Å². The van der Waals surface area contributed by atoms with E-state index in [1.807, 2.05) is 12.1 Å². The predicted molar refractivity (Wildman–Crippen MR) is 87.7 cm³/mol. The van der Waals surface area contributed by atoms with Crippen LogP contribution in [0.1, 0.15) is 25.3 Å². The second-order valence-electron chi connectivity index (χ2n) is 5.13. The monoisotopic (exact) mass is 338 g/mol. The number of rotatable bonds is 5. The van der Waals surface area contributed by atoms with Crippen LogP contribution in [0.4, 0.5) is 0 Å². The van der Waals surface area contributed by atoms with Gasteiger partial charge in [0, 0.05) is 17.1 Å². The van der Waals surface area contributed by atoms with Crippen molar-refractivity contribution in [2.45, 2.75) is 32.4 Å². The van der Waals surface area contributed by atoms with Crippen LogP contribution in [0.25, 0.3) is 0 Å². The Hall–Kier alpha value is -1.07. The molecule has 1 aromatic rings. The SMILES string of the molecule is CCN1CCCC1CNC(N)=NCc1ccc(Br)cc1. The fourth-order valence-corrected chi connectivity index (χ4v) is 2.85. The van der Waals surface area contributed by atoms with E-state index in [0.29, 0.717) is 18.5 Å². The average Bonchev–Trinajstić information content (AvgIpc) is 2.92. The van der Waals surface area contributed by atoms with Gasteiger partial charge in [0.2, 0.25) is 0 Å². The van der Waals surface area contributed by atoms with Crippen LogP contribution in [0.5, 0.6) is 0 Å². The number of nitrogens with one attached hydrogen (secondary N) is 1. The summed E-state index contributed by atoms with van der Waals surface area (Å²) >= 11 is 3.42. The Labute approximate surface area is 129 Å². The smallest absolute Gasteiger partial charge is 0.188 e. The molecule has 1 saturated heterocycles. The summed E-state index contributed by atoms with van der Waals surface area (Å²) in [6, 6.07) is 8.74. The maximum absolute atomic E-state index is 5.93. The second kappa shape index (κ2) is 7.64. The van der Waals surface area contributed by atoms with Crippen LogP contribution in [0.15, 0.2) is 33.7 Å². The normalized spacial score (nSPS) is 20.3. The van der Waals surface area contributed by atoms with Crippen molar-refractivity contribution in [2.24, 2.45) is 10.7 Å². The lowest BCUT2D eigenvalue weighted by atomic mass is 10.2. The van der Waals surface area contributed by atoms with E-state index in [9.17, 15) is 0 Å². The third-order valence-electron chi connectivity index (χ3n) is 3.77. The van der Waals surface area contributed by atoms with Crippen molar-refractivity contribution in [3.8, 4) is 0 Å². The average molecular weight is 339 g/mol. The first-order valence-corrected chi connectivity index (χ1v) is 8.00. The van der Waals surface area contributed by atoms with Gasteiger partial charge >= 0.3 is 0 Å². The molecule has 1 unspecified atom stereocenters. The lowest BCUT2D eigenvalue weighted by Crippen LogP contribution is -2.42. The number of likely N-dealkylation sites (N-methyl/N-ethyl adjacent to an activating group) is 1. The highest BCUT2D eigenvalue weighted by Crippen LogP contribution is 2.15. The van der Waals surface area contributed by atoms with E-state index in [-0.39, 0.29) is 0 Å². The third kappa shape index (κ3) is 4.49. The zero-order chi connectivity index (χ0) is 14.4. The van der Waals surface area contributed by atoms with E-state index in [4.69, 9.17) is 5.73 Å².